The molecule has 6 nitrogen and oxygen atoms in total. The molecular weight excluding hydrogens is 265 g/mol. The van der Waals surface area contributed by atoms with E-state index < -0.39 is 5.69 Å². The van der Waals surface area contributed by atoms with Gasteiger partial charge in [-0.25, -0.2) is 4.79 Å². The van der Waals surface area contributed by atoms with Crippen molar-refractivity contribution in [2.45, 2.75) is 6.54 Å². The number of benzene rings is 1. The second-order valence-electron chi connectivity index (χ2n) is 3.08. The van der Waals surface area contributed by atoms with Crippen LogP contribution in [0, 0.1) is 11.3 Å². The molecule has 0 fully saturated rings. The molecule has 0 aliphatic carbocycles. The molecule has 17 heavy (non-hydrogen) atoms. The Morgan fingerprint density at radius 2 is 2.12 bits per heavy atom. The smallest absolute Gasteiger partial charge is 0.244 e. The van der Waals surface area contributed by atoms with Crippen LogP contribution in [0.1, 0.15) is 0 Å². The van der Waals surface area contributed by atoms with Crippen molar-refractivity contribution < 1.29 is 0 Å². The Bertz CT molecular complexity index is 654. The lowest BCUT2D eigenvalue weighted by molar-refractivity contribution is 0.649. The molecule has 0 aliphatic heterocycles. The van der Waals surface area contributed by atoms with Gasteiger partial charge in [-0.1, -0.05) is 23.2 Å². The standard InChI is InChI=1S/C9H5Cl2N5O/c10-6-1-2-8(7(11)5-6)16-9(17)15(4-3-12)13-14-16/h1-2,5H,4H2. The van der Waals surface area contributed by atoms with Gasteiger partial charge in [0.05, 0.1) is 16.8 Å². The van der Waals surface area contributed by atoms with Gasteiger partial charge in [0.25, 0.3) is 0 Å². The van der Waals surface area contributed by atoms with Gasteiger partial charge < -0.3 is 0 Å². The number of tetrazole rings is 1. The zero-order valence-corrected chi connectivity index (χ0v) is 9.85. The van der Waals surface area contributed by atoms with E-state index in [0.29, 0.717) is 10.7 Å². The highest BCUT2D eigenvalue weighted by molar-refractivity contribution is 6.35. The van der Waals surface area contributed by atoms with Crippen LogP contribution in [0.3, 0.4) is 0 Å². The number of nitrogens with zero attached hydrogens (tertiary/aromatic N) is 5. The fourth-order valence-corrected chi connectivity index (χ4v) is 1.73. The highest BCUT2D eigenvalue weighted by Gasteiger charge is 2.11. The van der Waals surface area contributed by atoms with Crippen molar-refractivity contribution in [2.24, 2.45) is 0 Å². The first kappa shape index (κ1) is 11.6. The van der Waals surface area contributed by atoms with Crippen molar-refractivity contribution in [3.63, 3.8) is 0 Å². The van der Waals surface area contributed by atoms with Crippen LogP contribution in [-0.2, 0) is 6.54 Å². The number of halogens is 2. The molecule has 0 amide bonds. The summed E-state index contributed by atoms with van der Waals surface area (Å²) >= 11 is 11.7. The number of aromatic nitrogens is 4. The van der Waals surface area contributed by atoms with E-state index >= 15 is 0 Å². The summed E-state index contributed by atoms with van der Waals surface area (Å²) in [4.78, 5) is 11.8. The van der Waals surface area contributed by atoms with Gasteiger partial charge in [-0.2, -0.15) is 14.6 Å². The number of nitriles is 1. The first-order valence-electron chi connectivity index (χ1n) is 4.48. The molecule has 1 heterocycles. The van der Waals surface area contributed by atoms with E-state index in [-0.39, 0.29) is 11.6 Å². The van der Waals surface area contributed by atoms with Crippen molar-refractivity contribution in [3.8, 4) is 11.8 Å². The lowest BCUT2D eigenvalue weighted by Crippen LogP contribution is -2.24. The Labute approximate surface area is 106 Å². The quantitative estimate of drug-likeness (QED) is 0.823. The van der Waals surface area contributed by atoms with Crippen LogP contribution in [0.25, 0.3) is 5.69 Å². The SMILES string of the molecule is N#CCn1nnn(-c2ccc(Cl)cc2Cl)c1=O. The van der Waals surface area contributed by atoms with Gasteiger partial charge in [-0.3, -0.25) is 0 Å². The summed E-state index contributed by atoms with van der Waals surface area (Å²) in [6.07, 6.45) is 0. The fourth-order valence-electron chi connectivity index (χ4n) is 1.24. The van der Waals surface area contributed by atoms with Crippen LogP contribution in [-0.4, -0.2) is 19.8 Å². The molecule has 2 rings (SSSR count). The van der Waals surface area contributed by atoms with Gasteiger partial charge in [0.15, 0.2) is 0 Å². The predicted octanol–water partition coefficient (Wildman–Crippen LogP) is 1.26. The molecule has 0 saturated heterocycles. The topological polar surface area (TPSA) is 76.5 Å². The van der Waals surface area contributed by atoms with E-state index in [0.717, 1.165) is 9.36 Å². The Morgan fingerprint density at radius 3 is 2.76 bits per heavy atom. The van der Waals surface area contributed by atoms with Gasteiger partial charge in [-0.05, 0) is 28.6 Å². The summed E-state index contributed by atoms with van der Waals surface area (Å²) in [6, 6.07) is 6.44. The molecule has 0 unspecified atom stereocenters. The first-order chi connectivity index (χ1) is 8.13. The summed E-state index contributed by atoms with van der Waals surface area (Å²) in [7, 11) is 0. The third-order valence-electron chi connectivity index (χ3n) is 2.00. The highest BCUT2D eigenvalue weighted by Crippen LogP contribution is 2.22. The van der Waals surface area contributed by atoms with Crippen molar-refractivity contribution in [2.75, 3.05) is 0 Å². The third kappa shape index (κ3) is 2.16. The number of rotatable bonds is 2. The Hall–Kier alpha value is -1.84. The zero-order valence-electron chi connectivity index (χ0n) is 8.34. The van der Waals surface area contributed by atoms with E-state index in [1.807, 2.05) is 0 Å². The van der Waals surface area contributed by atoms with Crippen LogP contribution < -0.4 is 5.69 Å². The molecule has 0 saturated carbocycles. The minimum Gasteiger partial charge on any atom is -0.244 e. The Morgan fingerprint density at radius 1 is 1.35 bits per heavy atom. The molecule has 0 N–H and O–H groups in total. The summed E-state index contributed by atoms with van der Waals surface area (Å²) in [5.74, 6) is 0. The molecule has 0 aliphatic rings. The van der Waals surface area contributed by atoms with Gasteiger partial charge in [0.2, 0.25) is 0 Å². The largest absolute Gasteiger partial charge is 0.369 e. The maximum absolute atomic E-state index is 11.8. The fraction of sp³-hybridized carbons (Fsp3) is 0.111. The number of hydrogen-bond donors (Lipinski definition) is 0. The van der Waals surface area contributed by atoms with Crippen LogP contribution in [0.5, 0.6) is 0 Å². The average molecular weight is 270 g/mol. The molecule has 8 heteroatoms. The molecule has 0 atom stereocenters. The maximum Gasteiger partial charge on any atom is 0.369 e. The van der Waals surface area contributed by atoms with Crippen LogP contribution >= 0.6 is 23.2 Å². The number of hydrogen-bond acceptors (Lipinski definition) is 4. The molecule has 2 aromatic rings. The van der Waals surface area contributed by atoms with E-state index in [4.69, 9.17) is 28.5 Å². The maximum atomic E-state index is 11.8. The van der Waals surface area contributed by atoms with Crippen molar-refractivity contribution in [3.05, 3.63) is 38.7 Å². The van der Waals surface area contributed by atoms with E-state index in [2.05, 4.69) is 10.4 Å². The van der Waals surface area contributed by atoms with Gasteiger partial charge in [0, 0.05) is 5.02 Å². The van der Waals surface area contributed by atoms with Gasteiger partial charge in [0.1, 0.15) is 6.54 Å². The Kier molecular flexibility index (Phi) is 3.13. The second-order valence-corrected chi connectivity index (χ2v) is 3.93. The predicted molar refractivity (Wildman–Crippen MR) is 61.3 cm³/mol. The van der Waals surface area contributed by atoms with Gasteiger partial charge in [-0.15, -0.1) is 0 Å². The first-order valence-corrected chi connectivity index (χ1v) is 5.24. The zero-order chi connectivity index (χ0) is 12.4. The van der Waals surface area contributed by atoms with Crippen LogP contribution in [0.4, 0.5) is 0 Å². The van der Waals surface area contributed by atoms with Crippen LogP contribution in [0.15, 0.2) is 23.0 Å². The molecule has 0 bridgehead atoms. The van der Waals surface area contributed by atoms with Crippen LogP contribution in [0.2, 0.25) is 10.0 Å². The molecule has 86 valence electrons. The Balaban J connectivity index is 2.55. The lowest BCUT2D eigenvalue weighted by atomic mass is 10.3. The monoisotopic (exact) mass is 269 g/mol. The molecular formula is C9H5Cl2N5O. The lowest BCUT2D eigenvalue weighted by Gasteiger charge is -2.01. The van der Waals surface area contributed by atoms with Crippen molar-refractivity contribution >= 4 is 23.2 Å². The minimum absolute atomic E-state index is 0.163. The molecule has 1 aromatic heterocycles. The summed E-state index contributed by atoms with van der Waals surface area (Å²) < 4.78 is 1.95. The highest BCUT2D eigenvalue weighted by atomic mass is 35.5. The summed E-state index contributed by atoms with van der Waals surface area (Å²) in [6.45, 7) is -0.163. The van der Waals surface area contributed by atoms with Gasteiger partial charge >= 0.3 is 5.69 Å². The normalized spacial score (nSPS) is 10.2. The van der Waals surface area contributed by atoms with Crippen molar-refractivity contribution in [1.82, 2.24) is 19.8 Å². The molecule has 0 radical (unpaired) electrons. The summed E-state index contributed by atoms with van der Waals surface area (Å²) in [5.41, 5.74) is -0.166. The second kappa shape index (κ2) is 4.57. The summed E-state index contributed by atoms with van der Waals surface area (Å²) in [5, 5.41) is 16.4. The van der Waals surface area contributed by atoms with Crippen molar-refractivity contribution in [1.29, 1.82) is 5.26 Å². The average Bonchev–Trinajstić information content (AvgIpc) is 2.62. The molecule has 1 aromatic carbocycles. The third-order valence-corrected chi connectivity index (χ3v) is 2.54. The minimum atomic E-state index is -0.532. The van der Waals surface area contributed by atoms with E-state index in [1.54, 1.807) is 18.2 Å². The van der Waals surface area contributed by atoms with E-state index in [9.17, 15) is 4.79 Å². The van der Waals surface area contributed by atoms with E-state index in [1.165, 1.54) is 6.07 Å². The molecule has 0 spiro atoms.